The lowest BCUT2D eigenvalue weighted by molar-refractivity contribution is 0.430. The van der Waals surface area contributed by atoms with E-state index in [4.69, 9.17) is 4.98 Å². The summed E-state index contributed by atoms with van der Waals surface area (Å²) in [6.45, 7) is 1.06. The van der Waals surface area contributed by atoms with Crippen LogP contribution in [-0.4, -0.2) is 41.6 Å². The zero-order valence-electron chi connectivity index (χ0n) is 14.0. The number of nitrogens with zero attached hydrogens (tertiary/aromatic N) is 5. The number of pyridine rings is 1. The van der Waals surface area contributed by atoms with Gasteiger partial charge < -0.3 is 9.80 Å². The van der Waals surface area contributed by atoms with Crippen molar-refractivity contribution in [3.05, 3.63) is 42.4 Å². The third-order valence-corrected chi connectivity index (χ3v) is 4.42. The minimum atomic E-state index is 0.510. The standard InChI is InChI=1S/C18H25N5/c1-22(2)17-9-5-7-15(21-17)10-11-16-8-3-4-14-23(16)18-19-12-6-13-20-18/h5-7,9,12-13,16H,3-4,8,10-11,14H2,1-2H3. The summed E-state index contributed by atoms with van der Waals surface area (Å²) in [4.78, 5) is 18.0. The van der Waals surface area contributed by atoms with Crippen molar-refractivity contribution in [1.29, 1.82) is 0 Å². The molecule has 0 aromatic carbocycles. The molecule has 3 rings (SSSR count). The van der Waals surface area contributed by atoms with E-state index in [9.17, 15) is 0 Å². The molecule has 1 atom stereocenters. The highest BCUT2D eigenvalue weighted by atomic mass is 15.3. The summed E-state index contributed by atoms with van der Waals surface area (Å²) in [5, 5.41) is 0. The zero-order chi connectivity index (χ0) is 16.1. The first-order valence-corrected chi connectivity index (χ1v) is 8.41. The van der Waals surface area contributed by atoms with Crippen molar-refractivity contribution < 1.29 is 0 Å². The van der Waals surface area contributed by atoms with Gasteiger partial charge in [-0.15, -0.1) is 0 Å². The molecule has 2 aromatic heterocycles. The van der Waals surface area contributed by atoms with E-state index in [-0.39, 0.29) is 0 Å². The molecule has 1 aliphatic rings. The van der Waals surface area contributed by atoms with Gasteiger partial charge in [0.1, 0.15) is 5.82 Å². The first kappa shape index (κ1) is 15.7. The molecule has 5 heteroatoms. The molecule has 0 bridgehead atoms. The normalized spacial score (nSPS) is 18.0. The van der Waals surface area contributed by atoms with E-state index in [1.54, 1.807) is 0 Å². The van der Waals surface area contributed by atoms with Crippen molar-refractivity contribution in [2.45, 2.75) is 38.1 Å². The van der Waals surface area contributed by atoms with Gasteiger partial charge in [0, 0.05) is 44.8 Å². The van der Waals surface area contributed by atoms with Crippen LogP contribution in [0.2, 0.25) is 0 Å². The maximum Gasteiger partial charge on any atom is 0.225 e. The fraction of sp³-hybridized carbons (Fsp3) is 0.500. The topological polar surface area (TPSA) is 45.2 Å². The number of aromatic nitrogens is 3. The minimum absolute atomic E-state index is 0.510. The maximum atomic E-state index is 4.73. The molecule has 5 nitrogen and oxygen atoms in total. The van der Waals surface area contributed by atoms with Gasteiger partial charge in [-0.2, -0.15) is 0 Å². The summed E-state index contributed by atoms with van der Waals surface area (Å²) in [6.07, 6.45) is 9.48. The van der Waals surface area contributed by atoms with Gasteiger partial charge >= 0.3 is 0 Å². The highest BCUT2D eigenvalue weighted by Gasteiger charge is 2.24. The first-order chi connectivity index (χ1) is 11.2. The van der Waals surface area contributed by atoms with Gasteiger partial charge in [-0.05, 0) is 50.3 Å². The summed E-state index contributed by atoms with van der Waals surface area (Å²) in [6, 6.07) is 8.65. The second kappa shape index (κ2) is 7.40. The van der Waals surface area contributed by atoms with Gasteiger partial charge in [-0.25, -0.2) is 15.0 Å². The van der Waals surface area contributed by atoms with Crippen LogP contribution in [0.1, 0.15) is 31.4 Å². The van der Waals surface area contributed by atoms with E-state index in [0.29, 0.717) is 6.04 Å². The molecule has 0 aliphatic carbocycles. The zero-order valence-corrected chi connectivity index (χ0v) is 14.0. The largest absolute Gasteiger partial charge is 0.363 e. The van der Waals surface area contributed by atoms with Gasteiger partial charge in [-0.1, -0.05) is 6.07 Å². The smallest absolute Gasteiger partial charge is 0.225 e. The van der Waals surface area contributed by atoms with Crippen LogP contribution >= 0.6 is 0 Å². The van der Waals surface area contributed by atoms with E-state index >= 15 is 0 Å². The molecular weight excluding hydrogens is 286 g/mol. The van der Waals surface area contributed by atoms with Crippen LogP contribution in [-0.2, 0) is 6.42 Å². The molecule has 122 valence electrons. The van der Waals surface area contributed by atoms with E-state index < -0.39 is 0 Å². The molecule has 1 saturated heterocycles. The Labute approximate surface area is 138 Å². The maximum absolute atomic E-state index is 4.73. The van der Waals surface area contributed by atoms with Crippen molar-refractivity contribution >= 4 is 11.8 Å². The Balaban J connectivity index is 1.67. The third kappa shape index (κ3) is 3.97. The van der Waals surface area contributed by atoms with Crippen LogP contribution in [0.5, 0.6) is 0 Å². The summed E-state index contributed by atoms with van der Waals surface area (Å²) in [7, 11) is 4.06. The molecule has 23 heavy (non-hydrogen) atoms. The summed E-state index contributed by atoms with van der Waals surface area (Å²) in [5.74, 6) is 1.89. The molecule has 0 radical (unpaired) electrons. The minimum Gasteiger partial charge on any atom is -0.363 e. The van der Waals surface area contributed by atoms with Crippen molar-refractivity contribution in [3.63, 3.8) is 0 Å². The molecule has 2 aromatic rings. The van der Waals surface area contributed by atoms with Crippen molar-refractivity contribution in [2.24, 2.45) is 0 Å². The predicted molar refractivity (Wildman–Crippen MR) is 93.9 cm³/mol. The number of hydrogen-bond acceptors (Lipinski definition) is 5. The lowest BCUT2D eigenvalue weighted by Gasteiger charge is -2.35. The summed E-state index contributed by atoms with van der Waals surface area (Å²) < 4.78 is 0. The first-order valence-electron chi connectivity index (χ1n) is 8.41. The van der Waals surface area contributed by atoms with Crippen LogP contribution in [0.4, 0.5) is 11.8 Å². The lowest BCUT2D eigenvalue weighted by atomic mass is 9.97. The second-order valence-corrected chi connectivity index (χ2v) is 6.31. The number of anilines is 2. The van der Waals surface area contributed by atoms with Crippen LogP contribution in [0.15, 0.2) is 36.7 Å². The van der Waals surface area contributed by atoms with Crippen LogP contribution < -0.4 is 9.80 Å². The predicted octanol–water partition coefficient (Wildman–Crippen LogP) is 2.93. The van der Waals surface area contributed by atoms with Crippen LogP contribution in [0, 0.1) is 0 Å². The third-order valence-electron chi connectivity index (χ3n) is 4.42. The van der Waals surface area contributed by atoms with E-state index in [1.807, 2.05) is 43.5 Å². The molecular formula is C18H25N5. The van der Waals surface area contributed by atoms with Crippen molar-refractivity contribution in [2.75, 3.05) is 30.4 Å². The molecule has 1 aliphatic heterocycles. The van der Waals surface area contributed by atoms with Crippen LogP contribution in [0.25, 0.3) is 0 Å². The quantitative estimate of drug-likeness (QED) is 0.849. The highest BCUT2D eigenvalue weighted by molar-refractivity contribution is 5.37. The summed E-state index contributed by atoms with van der Waals surface area (Å²) >= 11 is 0. The van der Waals surface area contributed by atoms with Gasteiger partial charge in [0.15, 0.2) is 0 Å². The van der Waals surface area contributed by atoms with Crippen molar-refractivity contribution in [3.8, 4) is 0 Å². The number of piperidine rings is 1. The molecule has 1 unspecified atom stereocenters. The van der Waals surface area contributed by atoms with Gasteiger partial charge in [0.05, 0.1) is 0 Å². The molecule has 0 saturated carbocycles. The fourth-order valence-electron chi connectivity index (χ4n) is 3.17. The van der Waals surface area contributed by atoms with Gasteiger partial charge in [0.2, 0.25) is 5.95 Å². The second-order valence-electron chi connectivity index (χ2n) is 6.31. The number of aryl methyl sites for hydroxylation is 1. The Morgan fingerprint density at radius 1 is 1.13 bits per heavy atom. The lowest BCUT2D eigenvalue weighted by Crippen LogP contribution is -2.41. The van der Waals surface area contributed by atoms with Gasteiger partial charge in [0.25, 0.3) is 0 Å². The van der Waals surface area contributed by atoms with Crippen molar-refractivity contribution in [1.82, 2.24) is 15.0 Å². The van der Waals surface area contributed by atoms with E-state index in [0.717, 1.165) is 36.8 Å². The highest BCUT2D eigenvalue weighted by Crippen LogP contribution is 2.24. The van der Waals surface area contributed by atoms with Crippen LogP contribution in [0.3, 0.4) is 0 Å². The Hall–Kier alpha value is -2.17. The molecule has 0 N–H and O–H groups in total. The summed E-state index contributed by atoms with van der Waals surface area (Å²) in [5.41, 5.74) is 1.16. The van der Waals surface area contributed by atoms with E-state index in [2.05, 4.69) is 27.0 Å². The SMILES string of the molecule is CN(C)c1cccc(CCC2CCCCN2c2ncccn2)n1. The van der Waals surface area contributed by atoms with E-state index in [1.165, 1.54) is 19.3 Å². The Bertz CT molecular complexity index is 614. The monoisotopic (exact) mass is 311 g/mol. The molecule has 3 heterocycles. The number of hydrogen-bond donors (Lipinski definition) is 0. The Kier molecular flexibility index (Phi) is 5.05. The average molecular weight is 311 g/mol. The Morgan fingerprint density at radius 3 is 2.74 bits per heavy atom. The average Bonchev–Trinajstić information content (AvgIpc) is 2.61. The molecule has 1 fully saturated rings. The molecule has 0 spiro atoms. The Morgan fingerprint density at radius 2 is 1.96 bits per heavy atom. The number of rotatable bonds is 5. The molecule has 0 amide bonds. The fourth-order valence-corrected chi connectivity index (χ4v) is 3.17. The van der Waals surface area contributed by atoms with Gasteiger partial charge in [-0.3, -0.25) is 0 Å².